The molecule has 100 valence electrons. The predicted octanol–water partition coefficient (Wildman–Crippen LogP) is 3.90. The highest BCUT2D eigenvalue weighted by Gasteiger charge is 2.06. The van der Waals surface area contributed by atoms with Crippen LogP contribution in [0.5, 0.6) is 11.5 Å². The second kappa shape index (κ2) is 6.34. The molecule has 0 N–H and O–H groups in total. The summed E-state index contributed by atoms with van der Waals surface area (Å²) >= 11 is 6.72. The van der Waals surface area contributed by atoms with Gasteiger partial charge in [0.15, 0.2) is 11.5 Å². The fraction of sp³-hybridized carbons (Fsp3) is 0.231. The van der Waals surface area contributed by atoms with Crippen molar-refractivity contribution in [1.29, 1.82) is 0 Å². The van der Waals surface area contributed by atoms with Gasteiger partial charge in [-0.3, -0.25) is 0 Å². The van der Waals surface area contributed by atoms with Crippen LogP contribution in [0.25, 0.3) is 0 Å². The topological polar surface area (TPSA) is 44.2 Å². The van der Waals surface area contributed by atoms with Crippen molar-refractivity contribution < 1.29 is 9.47 Å². The smallest absolute Gasteiger partial charge is 0.152 e. The molecule has 0 spiro atoms. The van der Waals surface area contributed by atoms with Gasteiger partial charge in [0, 0.05) is 5.69 Å². The van der Waals surface area contributed by atoms with Gasteiger partial charge in [-0.2, -0.15) is 0 Å². The number of ether oxygens (including phenoxy) is 2. The lowest BCUT2D eigenvalue weighted by atomic mass is 10.3. The zero-order chi connectivity index (χ0) is 13.8. The van der Waals surface area contributed by atoms with Gasteiger partial charge in [-0.15, -0.1) is 0 Å². The van der Waals surface area contributed by atoms with E-state index in [4.69, 9.17) is 9.47 Å². The van der Waals surface area contributed by atoms with Crippen LogP contribution in [0, 0.1) is 6.92 Å². The Morgan fingerprint density at radius 3 is 2.32 bits per heavy atom. The minimum Gasteiger partial charge on any atom is -0.494 e. The Kier molecular flexibility index (Phi) is 4.76. The number of nitrogens with zero attached hydrogens (tertiary/aromatic N) is 2. The molecular formula is C13H12Br2N2O2. The zero-order valence-electron chi connectivity index (χ0n) is 10.5. The molecule has 0 bridgehead atoms. The summed E-state index contributed by atoms with van der Waals surface area (Å²) < 4.78 is 12.2. The molecule has 0 aliphatic rings. The Hall–Kier alpha value is -1.14. The Morgan fingerprint density at radius 2 is 1.68 bits per heavy atom. The van der Waals surface area contributed by atoms with Gasteiger partial charge in [-0.1, -0.05) is 0 Å². The number of hydrogen-bond acceptors (Lipinski definition) is 4. The molecule has 0 aliphatic carbocycles. The number of aryl methyl sites for hydroxylation is 1. The molecule has 0 fully saturated rings. The number of halogens is 2. The lowest BCUT2D eigenvalue weighted by Crippen LogP contribution is -2.00. The zero-order valence-corrected chi connectivity index (χ0v) is 13.7. The number of pyridine rings is 2. The summed E-state index contributed by atoms with van der Waals surface area (Å²) in [4.78, 5) is 8.61. The van der Waals surface area contributed by atoms with Crippen molar-refractivity contribution in [2.75, 3.05) is 7.11 Å². The number of rotatable bonds is 4. The van der Waals surface area contributed by atoms with Gasteiger partial charge in [0.2, 0.25) is 0 Å². The van der Waals surface area contributed by atoms with Crippen molar-refractivity contribution in [3.05, 3.63) is 44.9 Å². The lowest BCUT2D eigenvalue weighted by molar-refractivity contribution is 0.297. The normalized spacial score (nSPS) is 10.3. The molecule has 2 aromatic rings. The van der Waals surface area contributed by atoms with Crippen molar-refractivity contribution in [1.82, 2.24) is 9.97 Å². The summed E-state index contributed by atoms with van der Waals surface area (Å²) in [7, 11) is 1.60. The van der Waals surface area contributed by atoms with E-state index in [1.165, 1.54) is 0 Å². The van der Waals surface area contributed by atoms with Crippen LogP contribution in [-0.2, 0) is 6.61 Å². The maximum atomic E-state index is 5.67. The van der Waals surface area contributed by atoms with Crippen LogP contribution < -0.4 is 9.47 Å². The number of methoxy groups -OCH3 is 1. The minimum absolute atomic E-state index is 0.367. The second-order valence-electron chi connectivity index (χ2n) is 3.83. The molecule has 0 radical (unpaired) electrons. The first kappa shape index (κ1) is 14.3. The molecular weight excluding hydrogens is 376 g/mol. The van der Waals surface area contributed by atoms with Crippen LogP contribution >= 0.6 is 31.9 Å². The van der Waals surface area contributed by atoms with E-state index in [2.05, 4.69) is 41.8 Å². The molecule has 0 atom stereocenters. The largest absolute Gasteiger partial charge is 0.494 e. The first-order chi connectivity index (χ1) is 9.10. The first-order valence-corrected chi connectivity index (χ1v) is 7.14. The van der Waals surface area contributed by atoms with Gasteiger partial charge in [0.05, 0.1) is 12.8 Å². The highest BCUT2D eigenvalue weighted by molar-refractivity contribution is 9.10. The van der Waals surface area contributed by atoms with Gasteiger partial charge in [0.25, 0.3) is 0 Å². The highest BCUT2D eigenvalue weighted by Crippen LogP contribution is 2.25. The standard InChI is InChI=1S/C13H12Br2N2O2/c1-8-3-5-11(13(15)16-8)19-7-9-4-6-10(18-2)12(14)17-9/h3-6H,7H2,1-2H3. The van der Waals surface area contributed by atoms with Gasteiger partial charge in [-0.05, 0) is 63.0 Å². The molecule has 0 saturated carbocycles. The molecule has 0 aliphatic heterocycles. The number of aromatic nitrogens is 2. The molecule has 0 amide bonds. The summed E-state index contributed by atoms with van der Waals surface area (Å²) in [5.74, 6) is 1.39. The molecule has 0 unspecified atom stereocenters. The van der Waals surface area contributed by atoms with E-state index < -0.39 is 0 Å². The van der Waals surface area contributed by atoms with Gasteiger partial charge in [-0.25, -0.2) is 9.97 Å². The average Bonchev–Trinajstić information content (AvgIpc) is 2.38. The third kappa shape index (κ3) is 3.67. The maximum absolute atomic E-state index is 5.67. The predicted molar refractivity (Wildman–Crippen MR) is 79.5 cm³/mol. The van der Waals surface area contributed by atoms with E-state index >= 15 is 0 Å². The summed E-state index contributed by atoms with van der Waals surface area (Å²) in [5, 5.41) is 0. The SMILES string of the molecule is COc1ccc(COc2ccc(C)nc2Br)nc1Br. The Morgan fingerprint density at radius 1 is 1.00 bits per heavy atom. The molecule has 6 heteroatoms. The molecule has 0 aromatic carbocycles. The van der Waals surface area contributed by atoms with Crippen molar-refractivity contribution in [2.45, 2.75) is 13.5 Å². The Labute approximate surface area is 128 Å². The van der Waals surface area contributed by atoms with Gasteiger partial charge in [0.1, 0.15) is 15.8 Å². The summed E-state index contributed by atoms with van der Waals surface area (Å²) in [5.41, 5.74) is 1.74. The van der Waals surface area contributed by atoms with Crippen molar-refractivity contribution in [3.63, 3.8) is 0 Å². The first-order valence-electron chi connectivity index (χ1n) is 5.55. The summed E-state index contributed by atoms with van der Waals surface area (Å²) in [6.45, 7) is 2.29. The van der Waals surface area contributed by atoms with E-state index in [0.717, 1.165) is 11.4 Å². The van der Waals surface area contributed by atoms with Crippen molar-refractivity contribution >= 4 is 31.9 Å². The van der Waals surface area contributed by atoms with Crippen LogP contribution in [0.2, 0.25) is 0 Å². The Bertz CT molecular complexity index is 591. The van der Waals surface area contributed by atoms with E-state index in [0.29, 0.717) is 27.3 Å². The van der Waals surface area contributed by atoms with Crippen LogP contribution in [-0.4, -0.2) is 17.1 Å². The lowest BCUT2D eigenvalue weighted by Gasteiger charge is -2.09. The van der Waals surface area contributed by atoms with Crippen LogP contribution in [0.1, 0.15) is 11.4 Å². The quantitative estimate of drug-likeness (QED) is 0.746. The highest BCUT2D eigenvalue weighted by atomic mass is 79.9. The van der Waals surface area contributed by atoms with E-state index in [-0.39, 0.29) is 0 Å². The fourth-order valence-electron chi connectivity index (χ4n) is 1.46. The summed E-state index contributed by atoms with van der Waals surface area (Å²) in [6, 6.07) is 7.49. The van der Waals surface area contributed by atoms with E-state index in [1.807, 2.05) is 31.2 Å². The van der Waals surface area contributed by atoms with Crippen LogP contribution in [0.3, 0.4) is 0 Å². The molecule has 2 aromatic heterocycles. The minimum atomic E-state index is 0.367. The van der Waals surface area contributed by atoms with E-state index in [1.54, 1.807) is 7.11 Å². The maximum Gasteiger partial charge on any atom is 0.152 e. The molecule has 0 saturated heterocycles. The van der Waals surface area contributed by atoms with Crippen LogP contribution in [0.4, 0.5) is 0 Å². The van der Waals surface area contributed by atoms with Crippen molar-refractivity contribution in [3.8, 4) is 11.5 Å². The third-order valence-corrected chi connectivity index (χ3v) is 3.56. The second-order valence-corrected chi connectivity index (χ2v) is 5.33. The molecule has 19 heavy (non-hydrogen) atoms. The average molecular weight is 388 g/mol. The number of hydrogen-bond donors (Lipinski definition) is 0. The Balaban J connectivity index is 2.08. The molecule has 4 nitrogen and oxygen atoms in total. The third-order valence-electron chi connectivity index (χ3n) is 2.42. The molecule has 2 rings (SSSR count). The monoisotopic (exact) mass is 386 g/mol. The van der Waals surface area contributed by atoms with Gasteiger partial charge < -0.3 is 9.47 Å². The fourth-order valence-corrected chi connectivity index (χ4v) is 2.51. The van der Waals surface area contributed by atoms with E-state index in [9.17, 15) is 0 Å². The van der Waals surface area contributed by atoms with Crippen LogP contribution in [0.15, 0.2) is 33.5 Å². The van der Waals surface area contributed by atoms with Crippen molar-refractivity contribution in [2.24, 2.45) is 0 Å². The summed E-state index contributed by atoms with van der Waals surface area (Å²) in [6.07, 6.45) is 0. The molecule has 2 heterocycles. The van der Waals surface area contributed by atoms with Gasteiger partial charge >= 0.3 is 0 Å².